The summed E-state index contributed by atoms with van der Waals surface area (Å²) in [5.74, 6) is 1.49. The van der Waals surface area contributed by atoms with Crippen LogP contribution in [0, 0.1) is 0 Å². The van der Waals surface area contributed by atoms with Gasteiger partial charge >= 0.3 is 5.97 Å². The molecule has 3 rings (SSSR count). The molecule has 7 heteroatoms. The van der Waals surface area contributed by atoms with Crippen LogP contribution in [0.2, 0.25) is 0 Å². The summed E-state index contributed by atoms with van der Waals surface area (Å²) in [4.78, 5) is 19.3. The molecular weight excluding hydrogens is 380 g/mol. The van der Waals surface area contributed by atoms with Crippen molar-refractivity contribution < 1.29 is 18.7 Å². The molecule has 0 saturated carbocycles. The molecule has 1 aliphatic heterocycles. The highest BCUT2D eigenvalue weighted by atomic mass is 35.5. The highest BCUT2D eigenvalue weighted by Crippen LogP contribution is 2.26. The van der Waals surface area contributed by atoms with E-state index in [9.17, 15) is 4.79 Å². The first-order chi connectivity index (χ1) is 13.7. The number of piperidine rings is 1. The Labute approximate surface area is 170 Å². The number of alkyl halides is 1. The molecule has 2 aromatic rings. The first kappa shape index (κ1) is 20.7. The summed E-state index contributed by atoms with van der Waals surface area (Å²) in [7, 11) is 0. The SMILES string of the molecule is CCOC(=O)c1oc(-c2ccc(OCCCCl)cc2)nc1CN1CCCCC1. The molecule has 0 bridgehead atoms. The van der Waals surface area contributed by atoms with Gasteiger partial charge in [-0.05, 0) is 63.5 Å². The van der Waals surface area contributed by atoms with Crippen LogP contribution in [0.4, 0.5) is 0 Å². The monoisotopic (exact) mass is 406 g/mol. The Morgan fingerprint density at radius 1 is 1.21 bits per heavy atom. The molecule has 1 aromatic carbocycles. The Morgan fingerprint density at radius 2 is 1.96 bits per heavy atom. The first-order valence-corrected chi connectivity index (χ1v) is 10.4. The van der Waals surface area contributed by atoms with Crippen LogP contribution in [0.1, 0.15) is 48.9 Å². The molecule has 28 heavy (non-hydrogen) atoms. The number of likely N-dealkylation sites (tertiary alicyclic amines) is 1. The third-order valence-electron chi connectivity index (χ3n) is 4.63. The fourth-order valence-corrected chi connectivity index (χ4v) is 3.32. The van der Waals surface area contributed by atoms with Gasteiger partial charge in [0.1, 0.15) is 11.4 Å². The van der Waals surface area contributed by atoms with Gasteiger partial charge in [-0.3, -0.25) is 4.90 Å². The minimum absolute atomic E-state index is 0.199. The molecule has 0 amide bonds. The van der Waals surface area contributed by atoms with Crippen molar-refractivity contribution in [2.45, 2.75) is 39.2 Å². The lowest BCUT2D eigenvalue weighted by Gasteiger charge is -2.25. The van der Waals surface area contributed by atoms with Gasteiger partial charge in [0.2, 0.25) is 11.7 Å². The third kappa shape index (κ3) is 5.49. The Balaban J connectivity index is 1.78. The van der Waals surface area contributed by atoms with Crippen LogP contribution in [0.5, 0.6) is 5.75 Å². The molecule has 0 unspecified atom stereocenters. The molecule has 1 saturated heterocycles. The van der Waals surface area contributed by atoms with Gasteiger partial charge in [0.15, 0.2) is 0 Å². The van der Waals surface area contributed by atoms with Crippen LogP contribution in [-0.2, 0) is 11.3 Å². The molecule has 0 aliphatic carbocycles. The van der Waals surface area contributed by atoms with Crippen molar-refractivity contribution in [2.75, 3.05) is 32.2 Å². The number of oxazole rings is 1. The zero-order chi connectivity index (χ0) is 19.8. The maximum absolute atomic E-state index is 12.3. The summed E-state index contributed by atoms with van der Waals surface area (Å²) in [6, 6.07) is 7.48. The molecule has 1 aromatic heterocycles. The average molecular weight is 407 g/mol. The summed E-state index contributed by atoms with van der Waals surface area (Å²) < 4.78 is 16.6. The standard InChI is InChI=1S/C21H27ClN2O4/c1-2-26-21(25)19-18(15-24-12-4-3-5-13-24)23-20(28-19)16-7-9-17(10-8-16)27-14-6-11-22/h7-10H,2-6,11-15H2,1H3. The summed E-state index contributed by atoms with van der Waals surface area (Å²) in [5, 5.41) is 0. The number of aromatic nitrogens is 1. The Morgan fingerprint density at radius 3 is 2.64 bits per heavy atom. The number of hydrogen-bond acceptors (Lipinski definition) is 6. The highest BCUT2D eigenvalue weighted by molar-refractivity contribution is 6.17. The third-order valence-corrected chi connectivity index (χ3v) is 4.90. The lowest BCUT2D eigenvalue weighted by Crippen LogP contribution is -2.29. The first-order valence-electron chi connectivity index (χ1n) is 9.89. The molecule has 152 valence electrons. The maximum atomic E-state index is 12.3. The van der Waals surface area contributed by atoms with Gasteiger partial charge in [-0.2, -0.15) is 0 Å². The lowest BCUT2D eigenvalue weighted by atomic mass is 10.1. The quantitative estimate of drug-likeness (QED) is 0.347. The number of carbonyl (C=O) groups is 1. The van der Waals surface area contributed by atoms with Crippen molar-refractivity contribution in [3.05, 3.63) is 35.7 Å². The molecule has 1 aliphatic rings. The number of hydrogen-bond donors (Lipinski definition) is 0. The largest absolute Gasteiger partial charge is 0.494 e. The van der Waals surface area contributed by atoms with Crippen molar-refractivity contribution in [1.29, 1.82) is 0 Å². The number of nitrogens with zero attached hydrogens (tertiary/aromatic N) is 2. The number of carbonyl (C=O) groups excluding carboxylic acids is 1. The summed E-state index contributed by atoms with van der Waals surface area (Å²) in [5.41, 5.74) is 1.43. The molecular formula is C21H27ClN2O4. The summed E-state index contributed by atoms with van der Waals surface area (Å²) >= 11 is 5.67. The minimum atomic E-state index is -0.464. The van der Waals surface area contributed by atoms with Crippen LogP contribution in [0.3, 0.4) is 0 Å². The van der Waals surface area contributed by atoms with Gasteiger partial charge in [0, 0.05) is 18.0 Å². The molecule has 2 heterocycles. The van der Waals surface area contributed by atoms with Crippen LogP contribution in [-0.4, -0.2) is 48.0 Å². The van der Waals surface area contributed by atoms with Crippen LogP contribution in [0.25, 0.3) is 11.5 Å². The molecule has 0 atom stereocenters. The van der Waals surface area contributed by atoms with Gasteiger partial charge < -0.3 is 13.9 Å². The Hall–Kier alpha value is -2.05. The van der Waals surface area contributed by atoms with E-state index in [2.05, 4.69) is 9.88 Å². The molecule has 0 N–H and O–H groups in total. The normalized spacial score (nSPS) is 14.8. The number of benzene rings is 1. The van der Waals surface area contributed by atoms with E-state index in [1.165, 1.54) is 19.3 Å². The van der Waals surface area contributed by atoms with Crippen molar-refractivity contribution in [3.63, 3.8) is 0 Å². The van der Waals surface area contributed by atoms with E-state index in [0.717, 1.165) is 30.8 Å². The number of halogens is 1. The maximum Gasteiger partial charge on any atom is 0.376 e. The van der Waals surface area contributed by atoms with Gasteiger partial charge in [0.05, 0.1) is 13.2 Å². The summed E-state index contributed by atoms with van der Waals surface area (Å²) in [6.45, 7) is 5.28. The van der Waals surface area contributed by atoms with Crippen LogP contribution < -0.4 is 4.74 Å². The van der Waals surface area contributed by atoms with E-state index in [-0.39, 0.29) is 5.76 Å². The van der Waals surface area contributed by atoms with E-state index in [0.29, 0.717) is 37.2 Å². The van der Waals surface area contributed by atoms with E-state index >= 15 is 0 Å². The molecule has 6 nitrogen and oxygen atoms in total. The van der Waals surface area contributed by atoms with Crippen LogP contribution in [0.15, 0.2) is 28.7 Å². The van der Waals surface area contributed by atoms with E-state index in [1.54, 1.807) is 6.92 Å². The fourth-order valence-electron chi connectivity index (χ4n) is 3.21. The second-order valence-electron chi connectivity index (χ2n) is 6.77. The number of rotatable bonds is 9. The highest BCUT2D eigenvalue weighted by Gasteiger charge is 2.24. The predicted molar refractivity (Wildman–Crippen MR) is 108 cm³/mol. The van der Waals surface area contributed by atoms with Gasteiger partial charge in [0.25, 0.3) is 0 Å². The number of esters is 1. The van der Waals surface area contributed by atoms with E-state index in [1.807, 2.05) is 24.3 Å². The van der Waals surface area contributed by atoms with Crippen molar-refractivity contribution in [1.82, 2.24) is 9.88 Å². The lowest BCUT2D eigenvalue weighted by molar-refractivity contribution is 0.0487. The van der Waals surface area contributed by atoms with E-state index < -0.39 is 5.97 Å². The average Bonchev–Trinajstić information content (AvgIpc) is 3.13. The second-order valence-corrected chi connectivity index (χ2v) is 7.15. The van der Waals surface area contributed by atoms with Crippen molar-refractivity contribution in [2.24, 2.45) is 0 Å². The second kappa shape index (κ2) is 10.5. The predicted octanol–water partition coefficient (Wildman–Crippen LogP) is 4.51. The van der Waals surface area contributed by atoms with E-state index in [4.69, 9.17) is 25.5 Å². The zero-order valence-corrected chi connectivity index (χ0v) is 17.0. The smallest absolute Gasteiger partial charge is 0.376 e. The van der Waals surface area contributed by atoms with Crippen LogP contribution >= 0.6 is 11.6 Å². The summed E-state index contributed by atoms with van der Waals surface area (Å²) in [6.07, 6.45) is 4.39. The van der Waals surface area contributed by atoms with Crippen molar-refractivity contribution in [3.8, 4) is 17.2 Å². The Kier molecular flexibility index (Phi) is 7.74. The van der Waals surface area contributed by atoms with Crippen molar-refractivity contribution >= 4 is 17.6 Å². The number of ether oxygens (including phenoxy) is 2. The minimum Gasteiger partial charge on any atom is -0.494 e. The van der Waals surface area contributed by atoms with Gasteiger partial charge in [-0.15, -0.1) is 11.6 Å². The Bertz CT molecular complexity index is 754. The van der Waals surface area contributed by atoms with Gasteiger partial charge in [-0.25, -0.2) is 9.78 Å². The molecule has 0 spiro atoms. The van der Waals surface area contributed by atoms with Gasteiger partial charge in [-0.1, -0.05) is 6.42 Å². The molecule has 1 fully saturated rings. The fraction of sp³-hybridized carbons (Fsp3) is 0.524. The zero-order valence-electron chi connectivity index (χ0n) is 16.3. The topological polar surface area (TPSA) is 64.8 Å². The molecule has 0 radical (unpaired) electrons.